The largest absolute Gasteiger partial charge is 0.504 e. The van der Waals surface area contributed by atoms with Gasteiger partial charge in [0.25, 0.3) is 0 Å². The first kappa shape index (κ1) is 62.0. The lowest BCUT2D eigenvalue weighted by Crippen LogP contribution is -2.87. The highest BCUT2D eigenvalue weighted by Crippen LogP contribution is 2.87. The average molecular weight is 1350 g/mol. The molecular formula is C91H99NO9. The van der Waals surface area contributed by atoms with E-state index in [-0.39, 0.29) is 75.1 Å². The molecule has 20 aliphatic rings. The number of methoxy groups -OCH3 is 1. The van der Waals surface area contributed by atoms with E-state index in [4.69, 9.17) is 10.1 Å². The number of benzene rings is 4. The Morgan fingerprint density at radius 3 is 2.35 bits per heavy atom. The summed E-state index contributed by atoms with van der Waals surface area (Å²) in [7, 11) is 1.54. The second-order valence-electron chi connectivity index (χ2n) is 37.1. The molecule has 10 heteroatoms. The fourth-order valence-corrected chi connectivity index (χ4v) is 31.6. The lowest BCUT2D eigenvalue weighted by molar-refractivity contribution is -0.262. The molecule has 9 fully saturated rings. The van der Waals surface area contributed by atoms with Crippen molar-refractivity contribution < 1.29 is 45.3 Å². The summed E-state index contributed by atoms with van der Waals surface area (Å²) in [4.78, 5) is 18.5. The Balaban J connectivity index is 0.917. The fraction of sp³-hybridized carbons (Fsp3) is 0.593. The van der Waals surface area contributed by atoms with E-state index in [9.17, 15) is 30.6 Å². The Kier molecular flexibility index (Phi) is 12.6. The molecule has 101 heavy (non-hydrogen) atoms. The molecule has 8 N–H and O–H groups in total. The minimum Gasteiger partial charge on any atom is -0.504 e. The molecule has 24 rings (SSSR count). The molecule has 1 saturated heterocycles. The van der Waals surface area contributed by atoms with Crippen molar-refractivity contribution >= 4 is 5.78 Å². The van der Waals surface area contributed by atoms with E-state index in [0.29, 0.717) is 55.6 Å². The van der Waals surface area contributed by atoms with Crippen molar-refractivity contribution in [2.75, 3.05) is 7.11 Å². The quantitative estimate of drug-likeness (QED) is 0.0544. The summed E-state index contributed by atoms with van der Waals surface area (Å²) >= 11 is 0. The number of aliphatic hydroxyl groups is 4. The minimum atomic E-state index is -1.79. The number of phenolic OH excluding ortho intramolecular Hbond substituents is 3. The van der Waals surface area contributed by atoms with E-state index in [1.54, 1.807) is 13.2 Å². The van der Waals surface area contributed by atoms with Crippen molar-refractivity contribution in [1.29, 1.82) is 0 Å². The van der Waals surface area contributed by atoms with Crippen molar-refractivity contribution in [2.24, 2.45) is 69.0 Å². The summed E-state index contributed by atoms with van der Waals surface area (Å²) in [5.74, 6) is 12.4. The molecule has 0 amide bonds. The van der Waals surface area contributed by atoms with Crippen LogP contribution in [0.4, 0.5) is 0 Å². The lowest BCUT2D eigenvalue weighted by atomic mass is 9.23. The van der Waals surface area contributed by atoms with E-state index in [0.717, 1.165) is 130 Å². The molecule has 21 atom stereocenters. The standard InChI is InChI=1S/C91H99NO9/c1-101-76-44-61(54(49-93)37-74(76)97)60-41-75(98)80-58-20-29-84-25-13-17-70-59(19-18-52(60)34-51-14-4-2-5-15-51)81-90(80,100)33-32-88(92-70)47-57-35-53-36-68(71(94)42-62(53)66-39-55-16-12-26-85(55)50-89(57,66)77-46-65(85)64-43-72(95)73(96)45-67(64)91(77,81)88)83(23-6-3-7-24-83)56-38-63(58)79(84)69(40-56)86(48-78(84)99)31-30-82(21-8-9-22-82)87(86)27-10-11-28-87/h2,4-5,14-15,20,29,35-40,43-45,52,55,57-60,62,65,70-71,77-78,80-81,92-97,99-100H,3,6-12,16-17,21-24,26-28,30-34,41-42,46-50H2,1H3. The van der Waals surface area contributed by atoms with Gasteiger partial charge in [-0.25, -0.2) is 0 Å². The van der Waals surface area contributed by atoms with Gasteiger partial charge in [0.2, 0.25) is 0 Å². The van der Waals surface area contributed by atoms with Gasteiger partial charge in [0.05, 0.1) is 37.4 Å². The predicted octanol–water partition coefficient (Wildman–Crippen LogP) is 14.9. The van der Waals surface area contributed by atoms with Crippen LogP contribution in [0.25, 0.3) is 0 Å². The van der Waals surface area contributed by atoms with E-state index >= 15 is 9.90 Å². The number of fused-ring (bicyclic) bond motifs is 8. The van der Waals surface area contributed by atoms with Gasteiger partial charge in [0.1, 0.15) is 11.2 Å². The molecule has 1 heterocycles. The average Bonchev–Trinajstić information content (AvgIpc) is 1.01. The number of aliphatic hydroxyl groups excluding tert-OH is 3. The second-order valence-corrected chi connectivity index (χ2v) is 37.1. The van der Waals surface area contributed by atoms with Gasteiger partial charge in [-0.2, -0.15) is 0 Å². The maximum atomic E-state index is 18.5. The van der Waals surface area contributed by atoms with Crippen LogP contribution in [0, 0.1) is 92.7 Å². The zero-order chi connectivity index (χ0) is 68.0. The first-order chi connectivity index (χ1) is 49.0. The molecule has 0 radical (unpaired) electrons. The van der Waals surface area contributed by atoms with E-state index in [1.165, 1.54) is 60.8 Å². The summed E-state index contributed by atoms with van der Waals surface area (Å²) in [5, 5.41) is 98.0. The predicted molar refractivity (Wildman–Crippen MR) is 385 cm³/mol. The normalized spacial score (nSPS) is 44.0. The summed E-state index contributed by atoms with van der Waals surface area (Å²) in [5.41, 5.74) is 7.01. The molecule has 4 aromatic carbocycles. The first-order valence-electron chi connectivity index (χ1n) is 40.1. The maximum absolute atomic E-state index is 18.5. The Morgan fingerprint density at radius 2 is 1.53 bits per heavy atom. The SMILES string of the molecule is COc1cc(C2CC(=O)C3C4C=CC56C#CCC7NC89CCC3(O)C(C7C#CC2Cc2ccccc2)C82c3cc(O)c(O)cc3C3CC2C27CC38CCCC8C=C2C2CC(O)C(=CC2=CC7C9)C2(CCCCC2)c2cc4c5c(c2)C2(CCC3(CCCC3)C23CCCC3)CC6O)c(CO)cc1O. The summed E-state index contributed by atoms with van der Waals surface area (Å²) in [6.07, 6.45) is 36.5. The van der Waals surface area contributed by atoms with Crippen molar-refractivity contribution in [1.82, 2.24) is 5.32 Å². The molecule has 9 spiro atoms. The van der Waals surface area contributed by atoms with Gasteiger partial charge in [-0.1, -0.05) is 148 Å². The van der Waals surface area contributed by atoms with Crippen LogP contribution in [-0.4, -0.2) is 78.0 Å². The first-order valence-corrected chi connectivity index (χ1v) is 40.1. The number of ketones is 1. The van der Waals surface area contributed by atoms with Gasteiger partial charge in [-0.15, -0.1) is 5.92 Å². The van der Waals surface area contributed by atoms with Crippen molar-refractivity contribution in [2.45, 2.75) is 255 Å². The van der Waals surface area contributed by atoms with Crippen LogP contribution in [-0.2, 0) is 39.5 Å². The molecule has 0 aromatic heterocycles. The molecule has 10 nitrogen and oxygen atoms in total. The maximum Gasteiger partial charge on any atom is 0.160 e. The smallest absolute Gasteiger partial charge is 0.160 e. The van der Waals surface area contributed by atoms with Crippen molar-refractivity contribution in [3.05, 3.63) is 164 Å². The monoisotopic (exact) mass is 1350 g/mol. The highest BCUT2D eigenvalue weighted by molar-refractivity contribution is 5.86. The highest BCUT2D eigenvalue weighted by atomic mass is 16.5. The van der Waals surface area contributed by atoms with Crippen LogP contribution >= 0.6 is 0 Å². The number of carbonyl (C=O) groups excluding carboxylic acids is 1. The fourth-order valence-electron chi connectivity index (χ4n) is 31.6. The van der Waals surface area contributed by atoms with Crippen LogP contribution in [0.2, 0.25) is 0 Å². The van der Waals surface area contributed by atoms with Gasteiger partial charge in [-0.3, -0.25) is 4.79 Å². The van der Waals surface area contributed by atoms with Gasteiger partial charge < -0.3 is 45.8 Å². The van der Waals surface area contributed by atoms with Gasteiger partial charge >= 0.3 is 0 Å². The molecule has 8 saturated carbocycles. The number of aromatic hydroxyl groups is 3. The number of carbonyl (C=O) groups is 1. The number of Topliss-reactive ketones (excluding diaryl/α,β-unsaturated/α-hetero) is 1. The molecule has 19 aliphatic carbocycles. The van der Waals surface area contributed by atoms with Crippen LogP contribution in [0.5, 0.6) is 23.0 Å². The Labute approximate surface area is 595 Å². The Bertz CT molecular complexity index is 4590. The van der Waals surface area contributed by atoms with Crippen LogP contribution in [0.15, 0.2) is 114 Å². The zero-order valence-electron chi connectivity index (χ0n) is 58.8. The summed E-state index contributed by atoms with van der Waals surface area (Å²) < 4.78 is 5.98. The van der Waals surface area contributed by atoms with Crippen LogP contribution in [0.3, 0.4) is 0 Å². The highest BCUT2D eigenvalue weighted by Gasteiger charge is 2.85. The third-order valence-corrected chi connectivity index (χ3v) is 34.7. The zero-order valence-corrected chi connectivity index (χ0v) is 58.8. The Morgan fingerprint density at radius 1 is 0.733 bits per heavy atom. The molecule has 4 aromatic rings. The topological polar surface area (TPSA) is 180 Å². The van der Waals surface area contributed by atoms with Crippen LogP contribution < -0.4 is 10.1 Å². The van der Waals surface area contributed by atoms with Crippen molar-refractivity contribution in [3.8, 4) is 46.7 Å². The van der Waals surface area contributed by atoms with Crippen LogP contribution in [0.1, 0.15) is 241 Å². The van der Waals surface area contributed by atoms with E-state index in [1.807, 2.05) is 24.3 Å². The van der Waals surface area contributed by atoms with Gasteiger partial charge in [0, 0.05) is 81.6 Å². The lowest BCUT2D eigenvalue weighted by Gasteiger charge is -2.82. The number of allylic oxidation sites excluding steroid dienone is 6. The number of hydrogen-bond donors (Lipinski definition) is 8. The minimum absolute atomic E-state index is 0.0141. The van der Waals surface area contributed by atoms with Gasteiger partial charge in [-0.05, 0) is 241 Å². The summed E-state index contributed by atoms with van der Waals surface area (Å²) in [6, 6.07) is 22.6. The number of piperidine rings is 1. The second kappa shape index (κ2) is 20.6. The number of nitrogens with one attached hydrogen (secondary N) is 1. The molecule has 21 unspecified atom stereocenters. The Hall–Kier alpha value is -6.37. The summed E-state index contributed by atoms with van der Waals surface area (Å²) in [6.45, 7) is -0.397. The van der Waals surface area contributed by atoms with Gasteiger partial charge in [0.15, 0.2) is 23.0 Å². The van der Waals surface area contributed by atoms with Crippen molar-refractivity contribution in [3.63, 3.8) is 0 Å². The number of hydrogen-bond acceptors (Lipinski definition) is 10. The number of ether oxygens (including phenoxy) is 1. The van der Waals surface area contributed by atoms with E-state index < -0.39 is 98.6 Å². The molecule has 1 aliphatic heterocycles. The number of phenols is 3. The number of rotatable bonds is 5. The van der Waals surface area contributed by atoms with E-state index in [2.05, 4.69) is 90.5 Å². The molecule has 522 valence electrons. The molecule has 19 bridgehead atoms. The third-order valence-electron chi connectivity index (χ3n) is 34.7. The third kappa shape index (κ3) is 7.19. The molecular weight excluding hydrogens is 1250 g/mol.